The smallest absolute Gasteiger partial charge is 0.130 e. The summed E-state index contributed by atoms with van der Waals surface area (Å²) in [5, 5.41) is 0. The number of ether oxygens (including phenoxy) is 2. The summed E-state index contributed by atoms with van der Waals surface area (Å²) in [4.78, 5) is 0. The largest absolute Gasteiger partial charge is 0.489 e. The average molecular weight is 448 g/mol. The van der Waals surface area contributed by atoms with Gasteiger partial charge in [0.1, 0.15) is 42.2 Å². The Morgan fingerprint density at radius 3 is 1.48 bits per heavy atom. The van der Waals surface area contributed by atoms with Gasteiger partial charge in [0, 0.05) is 11.1 Å². The highest BCUT2D eigenvalue weighted by Crippen LogP contribution is 2.20. The van der Waals surface area contributed by atoms with E-state index in [2.05, 4.69) is 0 Å². The fourth-order valence-corrected chi connectivity index (χ4v) is 3.36. The lowest BCUT2D eigenvalue weighted by Crippen LogP contribution is -2.01. The highest BCUT2D eigenvalue weighted by atomic mass is 19.1. The first-order valence-electron chi connectivity index (χ1n) is 10.6. The van der Waals surface area contributed by atoms with Gasteiger partial charge in [-0.1, -0.05) is 42.0 Å². The third-order valence-corrected chi connectivity index (χ3v) is 5.27. The van der Waals surface area contributed by atoms with E-state index in [-0.39, 0.29) is 24.8 Å². The molecule has 33 heavy (non-hydrogen) atoms. The van der Waals surface area contributed by atoms with Crippen molar-refractivity contribution < 1.29 is 22.6 Å². The molecule has 0 fully saturated rings. The first kappa shape index (κ1) is 22.5. The van der Waals surface area contributed by atoms with E-state index < -0.39 is 5.82 Å². The van der Waals surface area contributed by atoms with Gasteiger partial charge in [-0.05, 0) is 73.0 Å². The summed E-state index contributed by atoms with van der Waals surface area (Å²) in [6.07, 6.45) is 0.395. The third kappa shape index (κ3) is 6.16. The standard InChI is InChI=1S/C28H23F3O2/c1-19-2-10-25(11-3-19)32-17-22-6-4-20(15-27(22)30)14-21-5-7-23(28(31)16-21)18-33-26-12-8-24(29)9-13-26/h2-13,15-16H,14,17-18H2,1H3. The molecule has 0 spiro atoms. The lowest BCUT2D eigenvalue weighted by Gasteiger charge is -2.10. The molecule has 0 amide bonds. The molecule has 0 aromatic heterocycles. The van der Waals surface area contributed by atoms with Crippen LogP contribution in [0.25, 0.3) is 0 Å². The van der Waals surface area contributed by atoms with Crippen LogP contribution in [0.1, 0.15) is 27.8 Å². The van der Waals surface area contributed by atoms with Crippen molar-refractivity contribution in [2.24, 2.45) is 0 Å². The minimum Gasteiger partial charge on any atom is -0.489 e. The van der Waals surface area contributed by atoms with E-state index in [4.69, 9.17) is 9.47 Å². The van der Waals surface area contributed by atoms with E-state index in [9.17, 15) is 13.2 Å². The molecule has 0 unspecified atom stereocenters. The number of rotatable bonds is 8. The van der Waals surface area contributed by atoms with E-state index in [1.165, 1.54) is 36.4 Å². The summed E-state index contributed by atoms with van der Waals surface area (Å²) in [5.41, 5.74) is 3.43. The fourth-order valence-electron chi connectivity index (χ4n) is 3.36. The molecule has 0 radical (unpaired) electrons. The molecule has 0 N–H and O–H groups in total. The van der Waals surface area contributed by atoms with Crippen LogP contribution in [-0.4, -0.2) is 0 Å². The molecule has 168 valence electrons. The minimum absolute atomic E-state index is 0.0298. The molecule has 4 aromatic carbocycles. The number of hydrogen-bond acceptors (Lipinski definition) is 2. The lowest BCUT2D eigenvalue weighted by molar-refractivity contribution is 0.299. The zero-order valence-corrected chi connectivity index (χ0v) is 18.2. The van der Waals surface area contributed by atoms with Gasteiger partial charge in [0.2, 0.25) is 0 Å². The molecule has 0 aliphatic heterocycles. The van der Waals surface area contributed by atoms with Crippen LogP contribution < -0.4 is 9.47 Å². The molecule has 0 saturated carbocycles. The Labute approximate surface area is 191 Å². The molecule has 4 aromatic rings. The molecule has 0 aliphatic carbocycles. The summed E-state index contributed by atoms with van der Waals surface area (Å²) < 4.78 is 53.2. The Morgan fingerprint density at radius 2 is 1.03 bits per heavy atom. The van der Waals surface area contributed by atoms with E-state index in [0.29, 0.717) is 29.0 Å². The van der Waals surface area contributed by atoms with Gasteiger partial charge >= 0.3 is 0 Å². The van der Waals surface area contributed by atoms with Crippen molar-refractivity contribution in [2.75, 3.05) is 0 Å². The lowest BCUT2D eigenvalue weighted by atomic mass is 10.0. The predicted octanol–water partition coefficient (Wildman–Crippen LogP) is 7.16. The minimum atomic E-state index is -0.404. The third-order valence-electron chi connectivity index (χ3n) is 5.27. The van der Waals surface area contributed by atoms with Gasteiger partial charge in [0.15, 0.2) is 0 Å². The first-order valence-corrected chi connectivity index (χ1v) is 10.6. The molecule has 0 atom stereocenters. The second-order valence-electron chi connectivity index (χ2n) is 7.87. The van der Waals surface area contributed by atoms with Crippen molar-refractivity contribution in [1.82, 2.24) is 0 Å². The first-order chi connectivity index (χ1) is 16.0. The molecule has 5 heteroatoms. The van der Waals surface area contributed by atoms with Crippen LogP contribution in [0.2, 0.25) is 0 Å². The SMILES string of the molecule is Cc1ccc(OCc2ccc(Cc3ccc(COc4ccc(F)cc4)c(F)c3)cc2F)cc1. The second kappa shape index (κ2) is 10.3. The molecule has 0 saturated heterocycles. The highest BCUT2D eigenvalue weighted by Gasteiger charge is 2.09. The topological polar surface area (TPSA) is 18.5 Å². The van der Waals surface area contributed by atoms with Gasteiger partial charge in [-0.15, -0.1) is 0 Å². The van der Waals surface area contributed by atoms with Crippen molar-refractivity contribution in [2.45, 2.75) is 26.6 Å². The normalized spacial score (nSPS) is 10.8. The maximum absolute atomic E-state index is 14.6. The maximum Gasteiger partial charge on any atom is 0.130 e. The zero-order valence-electron chi connectivity index (χ0n) is 18.2. The quantitative estimate of drug-likeness (QED) is 0.285. The summed E-state index contributed by atoms with van der Waals surface area (Å²) in [6.45, 7) is 2.15. The molecule has 0 aliphatic rings. The van der Waals surface area contributed by atoms with Crippen LogP contribution in [0.15, 0.2) is 84.9 Å². The molecule has 4 rings (SSSR count). The van der Waals surface area contributed by atoms with Crippen molar-refractivity contribution in [3.05, 3.63) is 130 Å². The van der Waals surface area contributed by atoms with E-state index in [0.717, 1.165) is 16.7 Å². The highest BCUT2D eigenvalue weighted by molar-refractivity contribution is 5.33. The van der Waals surface area contributed by atoms with E-state index in [1.807, 2.05) is 37.3 Å². The fraction of sp³-hybridized carbons (Fsp3) is 0.143. The Balaban J connectivity index is 1.36. The van der Waals surface area contributed by atoms with Crippen molar-refractivity contribution in [3.8, 4) is 11.5 Å². The summed E-state index contributed by atoms with van der Waals surface area (Å²) >= 11 is 0. The predicted molar refractivity (Wildman–Crippen MR) is 122 cm³/mol. The van der Waals surface area contributed by atoms with E-state index in [1.54, 1.807) is 18.2 Å². The summed E-state index contributed by atoms with van der Waals surface area (Å²) in [7, 11) is 0. The van der Waals surface area contributed by atoms with Crippen LogP contribution in [0.5, 0.6) is 11.5 Å². The van der Waals surface area contributed by atoms with Crippen LogP contribution in [-0.2, 0) is 19.6 Å². The van der Waals surface area contributed by atoms with Gasteiger partial charge in [0.05, 0.1) is 0 Å². The number of halogens is 3. The Morgan fingerprint density at radius 1 is 0.576 bits per heavy atom. The number of hydrogen-bond donors (Lipinski definition) is 0. The Kier molecular flexibility index (Phi) is 6.98. The van der Waals surface area contributed by atoms with Crippen molar-refractivity contribution in [1.29, 1.82) is 0 Å². The van der Waals surface area contributed by atoms with Crippen LogP contribution in [0, 0.1) is 24.4 Å². The van der Waals surface area contributed by atoms with Crippen LogP contribution >= 0.6 is 0 Å². The Bertz CT molecular complexity index is 1120. The summed E-state index contributed by atoms with van der Waals surface area (Å²) in [5.74, 6) is 0.0218. The van der Waals surface area contributed by atoms with E-state index >= 15 is 0 Å². The average Bonchev–Trinajstić information content (AvgIpc) is 2.80. The molecule has 0 heterocycles. The second-order valence-corrected chi connectivity index (χ2v) is 7.87. The van der Waals surface area contributed by atoms with Gasteiger partial charge < -0.3 is 9.47 Å². The molecular weight excluding hydrogens is 425 g/mol. The van der Waals surface area contributed by atoms with Gasteiger partial charge in [0.25, 0.3) is 0 Å². The number of benzene rings is 4. The monoisotopic (exact) mass is 448 g/mol. The van der Waals surface area contributed by atoms with Crippen LogP contribution in [0.4, 0.5) is 13.2 Å². The van der Waals surface area contributed by atoms with Gasteiger partial charge in [-0.25, -0.2) is 13.2 Å². The Hall–Kier alpha value is -3.73. The molecule has 0 bridgehead atoms. The van der Waals surface area contributed by atoms with Crippen molar-refractivity contribution in [3.63, 3.8) is 0 Å². The number of aryl methyl sites for hydroxylation is 1. The summed E-state index contributed by atoms with van der Waals surface area (Å²) in [6, 6.07) is 23.0. The van der Waals surface area contributed by atoms with Crippen LogP contribution in [0.3, 0.4) is 0 Å². The van der Waals surface area contributed by atoms with Gasteiger partial charge in [-0.2, -0.15) is 0 Å². The zero-order chi connectivity index (χ0) is 23.2. The van der Waals surface area contributed by atoms with Crippen molar-refractivity contribution >= 4 is 0 Å². The maximum atomic E-state index is 14.6. The van der Waals surface area contributed by atoms with Gasteiger partial charge in [-0.3, -0.25) is 0 Å². The molecular formula is C28H23F3O2. The molecule has 2 nitrogen and oxygen atoms in total.